The van der Waals surface area contributed by atoms with Crippen LogP contribution >= 0.6 is 11.6 Å². The van der Waals surface area contributed by atoms with Crippen LogP contribution in [0.1, 0.15) is 31.4 Å². The normalized spacial score (nSPS) is 11.9. The minimum Gasteiger partial charge on any atom is -0.349 e. The molecule has 0 aliphatic carbocycles. The lowest BCUT2D eigenvalue weighted by Crippen LogP contribution is -2.30. The minimum atomic E-state index is -0.0998. The lowest BCUT2D eigenvalue weighted by atomic mass is 10.0. The molecule has 0 aliphatic heterocycles. The Kier molecular flexibility index (Phi) is 5.78. The number of carbonyl (C=O) groups excluding carboxylic acids is 1. The predicted molar refractivity (Wildman–Crippen MR) is 87.9 cm³/mol. The number of hydrogen-bond acceptors (Lipinski definition) is 2. The van der Waals surface area contributed by atoms with Gasteiger partial charge in [-0.1, -0.05) is 36.7 Å². The van der Waals surface area contributed by atoms with Gasteiger partial charge >= 0.3 is 0 Å². The highest BCUT2D eigenvalue weighted by Gasteiger charge is 2.13. The van der Waals surface area contributed by atoms with E-state index in [1.54, 1.807) is 24.4 Å². The third-order valence-electron chi connectivity index (χ3n) is 3.47. The molecule has 1 atom stereocenters. The summed E-state index contributed by atoms with van der Waals surface area (Å²) < 4.78 is 1.53. The van der Waals surface area contributed by atoms with Crippen LogP contribution in [0, 0.1) is 0 Å². The fraction of sp³-hybridized carbons (Fsp3) is 0.294. The Labute approximate surface area is 134 Å². The molecule has 0 saturated heterocycles. The summed E-state index contributed by atoms with van der Waals surface area (Å²) >= 11 is 5.99. The topological polar surface area (TPSA) is 51.1 Å². The molecule has 5 heteroatoms. The molecule has 4 nitrogen and oxygen atoms in total. The Morgan fingerprint density at radius 1 is 1.27 bits per heavy atom. The van der Waals surface area contributed by atoms with Crippen molar-refractivity contribution < 1.29 is 4.79 Å². The van der Waals surface area contributed by atoms with Crippen molar-refractivity contribution in [2.75, 3.05) is 0 Å². The average molecular weight is 319 g/mol. The zero-order chi connectivity index (χ0) is 15.9. The number of rotatable bonds is 6. The van der Waals surface area contributed by atoms with E-state index < -0.39 is 0 Å². The Morgan fingerprint density at radius 3 is 2.77 bits per heavy atom. The predicted octanol–water partition coefficient (Wildman–Crippen LogP) is 3.16. The summed E-state index contributed by atoms with van der Waals surface area (Å²) in [6, 6.07) is 12.4. The molecule has 1 amide bonds. The zero-order valence-electron chi connectivity index (χ0n) is 12.5. The summed E-state index contributed by atoms with van der Waals surface area (Å²) in [6.07, 6.45) is 2.72. The number of nitrogens with zero attached hydrogens (tertiary/aromatic N) is 1. The van der Waals surface area contributed by atoms with Gasteiger partial charge in [-0.25, -0.2) is 0 Å². The van der Waals surface area contributed by atoms with Crippen LogP contribution < -0.4 is 10.9 Å². The van der Waals surface area contributed by atoms with Crippen molar-refractivity contribution in [2.24, 2.45) is 0 Å². The van der Waals surface area contributed by atoms with Crippen LogP contribution in [0.3, 0.4) is 0 Å². The summed E-state index contributed by atoms with van der Waals surface area (Å²) in [5, 5.41) is 3.64. The molecule has 1 heterocycles. The number of hydrogen-bond donors (Lipinski definition) is 1. The molecule has 2 rings (SSSR count). The van der Waals surface area contributed by atoms with E-state index in [-0.39, 0.29) is 23.9 Å². The highest BCUT2D eigenvalue weighted by Crippen LogP contribution is 2.20. The van der Waals surface area contributed by atoms with E-state index in [2.05, 4.69) is 5.32 Å². The number of halogens is 1. The molecule has 1 aromatic carbocycles. The average Bonchev–Trinajstić information content (AvgIpc) is 2.52. The van der Waals surface area contributed by atoms with Gasteiger partial charge in [-0.3, -0.25) is 9.59 Å². The van der Waals surface area contributed by atoms with Crippen LogP contribution in [-0.4, -0.2) is 10.5 Å². The van der Waals surface area contributed by atoms with Crippen LogP contribution in [0.15, 0.2) is 53.5 Å². The van der Waals surface area contributed by atoms with Gasteiger partial charge in [-0.2, -0.15) is 0 Å². The molecule has 0 saturated carbocycles. The molecule has 1 unspecified atom stereocenters. The van der Waals surface area contributed by atoms with Gasteiger partial charge in [0.15, 0.2) is 0 Å². The van der Waals surface area contributed by atoms with Gasteiger partial charge in [-0.05, 0) is 30.2 Å². The summed E-state index contributed by atoms with van der Waals surface area (Å²) in [4.78, 5) is 23.7. The van der Waals surface area contributed by atoms with E-state index in [0.717, 1.165) is 12.0 Å². The van der Waals surface area contributed by atoms with E-state index in [1.165, 1.54) is 10.6 Å². The van der Waals surface area contributed by atoms with Crippen molar-refractivity contribution in [3.8, 4) is 0 Å². The Balaban J connectivity index is 1.95. The minimum absolute atomic E-state index is 0.0707. The van der Waals surface area contributed by atoms with Gasteiger partial charge in [0.25, 0.3) is 5.56 Å². The summed E-state index contributed by atoms with van der Waals surface area (Å²) in [7, 11) is 0. The van der Waals surface area contributed by atoms with Crippen molar-refractivity contribution in [2.45, 2.75) is 32.4 Å². The molecule has 0 radical (unpaired) electrons. The smallest absolute Gasteiger partial charge is 0.250 e. The highest BCUT2D eigenvalue weighted by molar-refractivity contribution is 6.30. The maximum Gasteiger partial charge on any atom is 0.250 e. The van der Waals surface area contributed by atoms with Gasteiger partial charge in [0.1, 0.15) is 0 Å². The molecule has 0 aliphatic rings. The van der Waals surface area contributed by atoms with E-state index in [1.807, 2.05) is 25.1 Å². The molecular weight excluding hydrogens is 300 g/mol. The maximum absolute atomic E-state index is 12.1. The van der Waals surface area contributed by atoms with Gasteiger partial charge in [-0.15, -0.1) is 0 Å². The Hall–Kier alpha value is -2.07. The lowest BCUT2D eigenvalue weighted by Gasteiger charge is -2.18. The number of nitrogens with one attached hydrogen (secondary N) is 1. The Morgan fingerprint density at radius 2 is 2.09 bits per heavy atom. The second-order valence-corrected chi connectivity index (χ2v) is 5.50. The fourth-order valence-electron chi connectivity index (χ4n) is 2.28. The first-order chi connectivity index (χ1) is 10.6. The third-order valence-corrected chi connectivity index (χ3v) is 3.71. The Bertz CT molecular complexity index is 697. The quantitative estimate of drug-likeness (QED) is 0.889. The van der Waals surface area contributed by atoms with Crippen molar-refractivity contribution in [3.63, 3.8) is 0 Å². The lowest BCUT2D eigenvalue weighted by molar-refractivity contribution is -0.122. The summed E-state index contributed by atoms with van der Waals surface area (Å²) in [5.41, 5.74) is 0.886. The monoisotopic (exact) mass is 318 g/mol. The van der Waals surface area contributed by atoms with Crippen molar-refractivity contribution in [3.05, 3.63) is 69.6 Å². The van der Waals surface area contributed by atoms with Crippen LogP contribution in [0.4, 0.5) is 0 Å². The number of aryl methyl sites for hydroxylation is 1. The second kappa shape index (κ2) is 7.80. The molecule has 22 heavy (non-hydrogen) atoms. The highest BCUT2D eigenvalue weighted by atomic mass is 35.5. The van der Waals surface area contributed by atoms with E-state index in [0.29, 0.717) is 11.6 Å². The first kappa shape index (κ1) is 16.3. The third kappa shape index (κ3) is 4.46. The first-order valence-corrected chi connectivity index (χ1v) is 7.68. The number of amides is 1. The standard InChI is InChI=1S/C17H19ClN2O2/c1-2-15(13-6-5-7-14(18)12-13)19-16(21)9-11-20-10-4-3-8-17(20)22/h3-8,10,12,15H,2,9,11H2,1H3,(H,19,21). The molecule has 1 aromatic heterocycles. The van der Waals surface area contributed by atoms with Gasteiger partial charge in [0.2, 0.25) is 5.91 Å². The number of carbonyl (C=O) groups is 1. The van der Waals surface area contributed by atoms with Crippen molar-refractivity contribution in [1.29, 1.82) is 0 Å². The molecule has 2 aromatic rings. The van der Waals surface area contributed by atoms with Gasteiger partial charge in [0, 0.05) is 30.3 Å². The van der Waals surface area contributed by atoms with Crippen LogP contribution in [-0.2, 0) is 11.3 Å². The molecular formula is C17H19ClN2O2. The number of benzene rings is 1. The van der Waals surface area contributed by atoms with Crippen LogP contribution in [0.2, 0.25) is 5.02 Å². The van der Waals surface area contributed by atoms with Crippen LogP contribution in [0.5, 0.6) is 0 Å². The molecule has 0 bridgehead atoms. The molecule has 0 fully saturated rings. The van der Waals surface area contributed by atoms with Crippen molar-refractivity contribution in [1.82, 2.24) is 9.88 Å². The molecule has 0 spiro atoms. The van der Waals surface area contributed by atoms with Gasteiger partial charge < -0.3 is 9.88 Å². The van der Waals surface area contributed by atoms with Crippen LogP contribution in [0.25, 0.3) is 0 Å². The number of pyridine rings is 1. The largest absolute Gasteiger partial charge is 0.349 e. The summed E-state index contributed by atoms with van der Waals surface area (Å²) in [6.45, 7) is 2.38. The number of aromatic nitrogens is 1. The van der Waals surface area contributed by atoms with E-state index >= 15 is 0 Å². The van der Waals surface area contributed by atoms with E-state index in [4.69, 9.17) is 11.6 Å². The maximum atomic E-state index is 12.1. The summed E-state index contributed by atoms with van der Waals surface area (Å²) in [5.74, 6) is -0.0809. The van der Waals surface area contributed by atoms with E-state index in [9.17, 15) is 9.59 Å². The molecule has 1 N–H and O–H groups in total. The van der Waals surface area contributed by atoms with Gasteiger partial charge in [0.05, 0.1) is 6.04 Å². The first-order valence-electron chi connectivity index (χ1n) is 7.30. The zero-order valence-corrected chi connectivity index (χ0v) is 13.2. The SMILES string of the molecule is CCC(NC(=O)CCn1ccccc1=O)c1cccc(Cl)c1. The van der Waals surface area contributed by atoms with Crippen molar-refractivity contribution >= 4 is 17.5 Å². The molecule has 116 valence electrons. The second-order valence-electron chi connectivity index (χ2n) is 5.07. The fourth-order valence-corrected chi connectivity index (χ4v) is 2.48.